The molecule has 2 aromatic rings. The van der Waals surface area contributed by atoms with Gasteiger partial charge in [0.05, 0.1) is 12.8 Å². The predicted octanol–water partition coefficient (Wildman–Crippen LogP) is 2.63. The van der Waals surface area contributed by atoms with Gasteiger partial charge in [0.2, 0.25) is 0 Å². The summed E-state index contributed by atoms with van der Waals surface area (Å²) in [5.41, 5.74) is 0.851. The van der Waals surface area contributed by atoms with Crippen LogP contribution in [0.2, 0.25) is 0 Å². The monoisotopic (exact) mass is 230 g/mol. The maximum absolute atomic E-state index is 11.8. The number of benzene rings is 1. The maximum Gasteiger partial charge on any atom is 0.321 e. The minimum atomic E-state index is -0.160. The number of carbonyl (C=O) groups is 1. The van der Waals surface area contributed by atoms with E-state index in [9.17, 15) is 4.79 Å². The number of furan rings is 1. The highest BCUT2D eigenvalue weighted by atomic mass is 16.3. The smallest absolute Gasteiger partial charge is 0.321 e. The van der Waals surface area contributed by atoms with Gasteiger partial charge in [-0.05, 0) is 24.3 Å². The summed E-state index contributed by atoms with van der Waals surface area (Å²) in [5, 5.41) is 2.78. The van der Waals surface area contributed by atoms with Gasteiger partial charge in [0.25, 0.3) is 0 Å². The molecule has 1 aromatic carbocycles. The Hall–Kier alpha value is -2.23. The van der Waals surface area contributed by atoms with Crippen molar-refractivity contribution < 1.29 is 9.21 Å². The molecule has 0 aliphatic rings. The summed E-state index contributed by atoms with van der Waals surface area (Å²) >= 11 is 0. The summed E-state index contributed by atoms with van der Waals surface area (Å²) in [6, 6.07) is 12.9. The van der Waals surface area contributed by atoms with Crippen LogP contribution in [0.15, 0.2) is 53.1 Å². The lowest BCUT2D eigenvalue weighted by atomic mass is 10.3. The van der Waals surface area contributed by atoms with Crippen LogP contribution in [0.25, 0.3) is 0 Å². The van der Waals surface area contributed by atoms with E-state index in [1.165, 1.54) is 0 Å². The summed E-state index contributed by atoms with van der Waals surface area (Å²) in [7, 11) is 1.73. The molecule has 0 aliphatic heterocycles. The fourth-order valence-electron chi connectivity index (χ4n) is 1.46. The quantitative estimate of drug-likeness (QED) is 0.881. The first-order chi connectivity index (χ1) is 8.27. The average molecular weight is 230 g/mol. The first kappa shape index (κ1) is 11.3. The molecule has 4 nitrogen and oxygen atoms in total. The van der Waals surface area contributed by atoms with Crippen molar-refractivity contribution in [2.75, 3.05) is 11.9 Å². The number of para-hydroxylation sites is 1. The second kappa shape index (κ2) is 5.21. The van der Waals surface area contributed by atoms with Gasteiger partial charge in [0, 0.05) is 12.7 Å². The fraction of sp³-hybridized carbons (Fsp3) is 0.154. The van der Waals surface area contributed by atoms with Crippen molar-refractivity contribution in [2.24, 2.45) is 0 Å². The van der Waals surface area contributed by atoms with E-state index in [2.05, 4.69) is 5.32 Å². The van der Waals surface area contributed by atoms with E-state index in [-0.39, 0.29) is 6.03 Å². The first-order valence-corrected chi connectivity index (χ1v) is 5.36. The summed E-state index contributed by atoms with van der Waals surface area (Å²) < 4.78 is 5.14. The molecule has 0 atom stereocenters. The van der Waals surface area contributed by atoms with Crippen molar-refractivity contribution in [3.05, 3.63) is 54.5 Å². The maximum atomic E-state index is 11.8. The van der Waals surface area contributed by atoms with Gasteiger partial charge in [-0.1, -0.05) is 18.2 Å². The Morgan fingerprint density at radius 1 is 1.24 bits per heavy atom. The highest BCUT2D eigenvalue weighted by Gasteiger charge is 2.09. The SMILES string of the molecule is CN(C(=O)NCc1ccco1)c1ccccc1. The van der Waals surface area contributed by atoms with Crippen LogP contribution in [0.1, 0.15) is 5.76 Å². The third-order valence-electron chi connectivity index (χ3n) is 2.44. The van der Waals surface area contributed by atoms with Crippen LogP contribution >= 0.6 is 0 Å². The Bertz CT molecular complexity index is 465. The van der Waals surface area contributed by atoms with Gasteiger partial charge in [-0.15, -0.1) is 0 Å². The zero-order valence-corrected chi connectivity index (χ0v) is 9.59. The van der Waals surface area contributed by atoms with Crippen molar-refractivity contribution in [3.8, 4) is 0 Å². The molecule has 0 fully saturated rings. The van der Waals surface area contributed by atoms with Crippen LogP contribution < -0.4 is 10.2 Å². The number of anilines is 1. The summed E-state index contributed by atoms with van der Waals surface area (Å²) in [6.45, 7) is 0.392. The summed E-state index contributed by atoms with van der Waals surface area (Å²) in [6.07, 6.45) is 1.59. The number of urea groups is 1. The molecule has 1 heterocycles. The van der Waals surface area contributed by atoms with Gasteiger partial charge in [0.15, 0.2) is 0 Å². The minimum absolute atomic E-state index is 0.160. The molecule has 88 valence electrons. The minimum Gasteiger partial charge on any atom is -0.467 e. The van der Waals surface area contributed by atoms with Crippen LogP contribution in [0.3, 0.4) is 0 Å². The van der Waals surface area contributed by atoms with Gasteiger partial charge in [-0.2, -0.15) is 0 Å². The molecular formula is C13H14N2O2. The first-order valence-electron chi connectivity index (χ1n) is 5.36. The molecule has 2 amide bonds. The van der Waals surface area contributed by atoms with Crippen LogP contribution in [0.4, 0.5) is 10.5 Å². The molecule has 0 bridgehead atoms. The molecule has 1 aromatic heterocycles. The predicted molar refractivity (Wildman–Crippen MR) is 65.8 cm³/mol. The van der Waals surface area contributed by atoms with Crippen molar-refractivity contribution in [1.82, 2.24) is 5.32 Å². The standard InChI is InChI=1S/C13H14N2O2/c1-15(11-6-3-2-4-7-11)13(16)14-10-12-8-5-9-17-12/h2-9H,10H2,1H3,(H,14,16). The lowest BCUT2D eigenvalue weighted by molar-refractivity contribution is 0.246. The Labute approximate surface area is 99.8 Å². The number of rotatable bonds is 3. The fourth-order valence-corrected chi connectivity index (χ4v) is 1.46. The largest absolute Gasteiger partial charge is 0.467 e. The molecule has 0 saturated heterocycles. The zero-order valence-electron chi connectivity index (χ0n) is 9.59. The van der Waals surface area contributed by atoms with Crippen molar-refractivity contribution in [3.63, 3.8) is 0 Å². The van der Waals surface area contributed by atoms with Gasteiger partial charge in [-0.3, -0.25) is 4.90 Å². The number of carbonyl (C=O) groups excluding carboxylic acids is 1. The molecule has 0 saturated carbocycles. The van der Waals surface area contributed by atoms with Crippen LogP contribution in [0.5, 0.6) is 0 Å². The van der Waals surface area contributed by atoms with Crippen molar-refractivity contribution in [2.45, 2.75) is 6.54 Å². The Morgan fingerprint density at radius 2 is 2.00 bits per heavy atom. The molecular weight excluding hydrogens is 216 g/mol. The third kappa shape index (κ3) is 2.87. The van der Waals surface area contributed by atoms with E-state index in [1.807, 2.05) is 36.4 Å². The van der Waals surface area contributed by atoms with Crippen LogP contribution in [-0.2, 0) is 6.54 Å². The molecule has 2 rings (SSSR count). The van der Waals surface area contributed by atoms with Crippen molar-refractivity contribution >= 4 is 11.7 Å². The lowest BCUT2D eigenvalue weighted by Gasteiger charge is -2.17. The summed E-state index contributed by atoms with van der Waals surface area (Å²) in [5.74, 6) is 0.736. The topological polar surface area (TPSA) is 45.5 Å². The van der Waals surface area contributed by atoms with Gasteiger partial charge >= 0.3 is 6.03 Å². The second-order valence-electron chi connectivity index (χ2n) is 3.63. The normalized spacial score (nSPS) is 9.94. The van der Waals surface area contributed by atoms with Crippen LogP contribution in [0, 0.1) is 0 Å². The van der Waals surface area contributed by atoms with E-state index in [0.717, 1.165) is 11.4 Å². The summed E-state index contributed by atoms with van der Waals surface area (Å²) in [4.78, 5) is 13.4. The molecule has 1 N–H and O–H groups in total. The molecule has 17 heavy (non-hydrogen) atoms. The van der Waals surface area contributed by atoms with Crippen molar-refractivity contribution in [1.29, 1.82) is 0 Å². The van der Waals surface area contributed by atoms with E-state index in [1.54, 1.807) is 24.3 Å². The number of nitrogens with zero attached hydrogens (tertiary/aromatic N) is 1. The molecule has 0 unspecified atom stereocenters. The van der Waals surface area contributed by atoms with Gasteiger partial charge in [0.1, 0.15) is 5.76 Å². The highest BCUT2D eigenvalue weighted by molar-refractivity contribution is 5.91. The van der Waals surface area contributed by atoms with E-state index in [0.29, 0.717) is 6.54 Å². The van der Waals surface area contributed by atoms with Gasteiger partial charge < -0.3 is 9.73 Å². The van der Waals surface area contributed by atoms with E-state index in [4.69, 9.17) is 4.42 Å². The van der Waals surface area contributed by atoms with E-state index >= 15 is 0 Å². The van der Waals surface area contributed by atoms with E-state index < -0.39 is 0 Å². The average Bonchev–Trinajstić information content (AvgIpc) is 2.89. The van der Waals surface area contributed by atoms with Gasteiger partial charge in [-0.25, -0.2) is 4.79 Å². The molecule has 0 spiro atoms. The zero-order chi connectivity index (χ0) is 12.1. The number of hydrogen-bond donors (Lipinski definition) is 1. The molecule has 0 aliphatic carbocycles. The molecule has 0 radical (unpaired) electrons. The Kier molecular flexibility index (Phi) is 3.45. The number of amides is 2. The Morgan fingerprint density at radius 3 is 2.65 bits per heavy atom. The van der Waals surface area contributed by atoms with Crippen LogP contribution in [-0.4, -0.2) is 13.1 Å². The number of nitrogens with one attached hydrogen (secondary N) is 1. The highest BCUT2D eigenvalue weighted by Crippen LogP contribution is 2.11. The third-order valence-corrected chi connectivity index (χ3v) is 2.44. The lowest BCUT2D eigenvalue weighted by Crippen LogP contribution is -2.36. The molecule has 4 heteroatoms. The Balaban J connectivity index is 1.92. The second-order valence-corrected chi connectivity index (χ2v) is 3.63. The number of hydrogen-bond acceptors (Lipinski definition) is 2.